The zero-order chi connectivity index (χ0) is 13.8. The normalized spacial score (nSPS) is 11.2. The van der Waals surface area contributed by atoms with Crippen LogP contribution in [0.3, 0.4) is 0 Å². The summed E-state index contributed by atoms with van der Waals surface area (Å²) in [5.74, 6) is 0. The molecule has 0 unspecified atom stereocenters. The first-order valence-corrected chi connectivity index (χ1v) is 6.54. The number of anilines is 1. The Morgan fingerprint density at radius 1 is 1.39 bits per heavy atom. The van der Waals surface area contributed by atoms with Gasteiger partial charge in [-0.2, -0.15) is 0 Å². The highest BCUT2D eigenvalue weighted by Gasteiger charge is 2.17. The van der Waals surface area contributed by atoms with Crippen LogP contribution in [0.1, 0.15) is 26.3 Å². The number of rotatable bonds is 3. The second kappa shape index (κ2) is 6.20. The molecule has 100 valence electrons. The van der Waals surface area contributed by atoms with Crippen LogP contribution in [0.15, 0.2) is 22.7 Å². The molecule has 1 aromatic rings. The second-order valence-corrected chi connectivity index (χ2v) is 5.87. The molecular weight excluding hydrogens is 296 g/mol. The fourth-order valence-electron chi connectivity index (χ4n) is 1.42. The van der Waals surface area contributed by atoms with Gasteiger partial charge in [-0.25, -0.2) is 4.79 Å². The molecule has 0 bridgehead atoms. The number of amides is 1. The summed E-state index contributed by atoms with van der Waals surface area (Å²) in [7, 11) is 1.86. The minimum absolute atomic E-state index is 0.446. The summed E-state index contributed by atoms with van der Waals surface area (Å²) in [6, 6.07) is 5.75. The minimum atomic E-state index is -0.501. The van der Waals surface area contributed by atoms with E-state index in [2.05, 4.69) is 26.6 Å². The molecule has 0 fully saturated rings. The highest BCUT2D eigenvalue weighted by atomic mass is 79.9. The van der Waals surface area contributed by atoms with Crippen molar-refractivity contribution in [3.8, 4) is 0 Å². The maximum absolute atomic E-state index is 11.7. The molecule has 0 heterocycles. The Bertz CT molecular complexity index is 427. The van der Waals surface area contributed by atoms with E-state index in [1.54, 1.807) is 0 Å². The van der Waals surface area contributed by atoms with Gasteiger partial charge in [0.25, 0.3) is 0 Å². The Morgan fingerprint density at radius 3 is 2.61 bits per heavy atom. The Labute approximate surface area is 116 Å². The summed E-state index contributed by atoms with van der Waals surface area (Å²) in [6.07, 6.45) is -0.446. The minimum Gasteiger partial charge on any atom is -0.444 e. The lowest BCUT2D eigenvalue weighted by Gasteiger charge is -2.20. The molecule has 4 nitrogen and oxygen atoms in total. The lowest BCUT2D eigenvalue weighted by Crippen LogP contribution is -2.27. The van der Waals surface area contributed by atoms with Crippen LogP contribution in [0.2, 0.25) is 0 Å². The monoisotopic (exact) mass is 314 g/mol. The average Bonchev–Trinajstić information content (AvgIpc) is 2.19. The van der Waals surface area contributed by atoms with Crippen LogP contribution in [0.4, 0.5) is 10.5 Å². The van der Waals surface area contributed by atoms with E-state index in [1.165, 1.54) is 0 Å². The molecule has 0 aliphatic heterocycles. The Hall–Kier alpha value is -1.07. The van der Waals surface area contributed by atoms with Crippen molar-refractivity contribution in [1.29, 1.82) is 0 Å². The van der Waals surface area contributed by atoms with Gasteiger partial charge in [0.15, 0.2) is 0 Å². The zero-order valence-electron chi connectivity index (χ0n) is 11.1. The molecule has 0 saturated heterocycles. The molecule has 0 saturated carbocycles. The molecule has 0 spiro atoms. The van der Waals surface area contributed by atoms with E-state index in [4.69, 9.17) is 4.74 Å². The molecule has 0 aliphatic carbocycles. The SMILES string of the molecule is CNCc1ccc(Br)cc1NC(=O)OC(C)(C)C. The van der Waals surface area contributed by atoms with Gasteiger partial charge in [0.1, 0.15) is 5.60 Å². The van der Waals surface area contributed by atoms with E-state index >= 15 is 0 Å². The number of ether oxygens (including phenoxy) is 1. The molecule has 1 amide bonds. The highest BCUT2D eigenvalue weighted by molar-refractivity contribution is 9.10. The summed E-state index contributed by atoms with van der Waals surface area (Å²) in [5, 5.41) is 5.82. The highest BCUT2D eigenvalue weighted by Crippen LogP contribution is 2.22. The maximum Gasteiger partial charge on any atom is 0.412 e. The van der Waals surface area contributed by atoms with Crippen LogP contribution in [0.5, 0.6) is 0 Å². The molecule has 2 N–H and O–H groups in total. The molecule has 0 aliphatic rings. The van der Waals surface area contributed by atoms with Crippen LogP contribution in [0, 0.1) is 0 Å². The molecule has 5 heteroatoms. The second-order valence-electron chi connectivity index (χ2n) is 4.96. The van der Waals surface area contributed by atoms with Crippen molar-refractivity contribution in [2.45, 2.75) is 32.9 Å². The molecule has 1 aromatic carbocycles. The predicted octanol–water partition coefficient (Wildman–Crippen LogP) is 3.52. The third-order valence-electron chi connectivity index (χ3n) is 2.07. The van der Waals surface area contributed by atoms with Crippen LogP contribution < -0.4 is 10.6 Å². The van der Waals surface area contributed by atoms with Gasteiger partial charge in [-0.05, 0) is 45.5 Å². The van der Waals surface area contributed by atoms with Crippen LogP contribution in [-0.2, 0) is 11.3 Å². The molecule has 18 heavy (non-hydrogen) atoms. The zero-order valence-corrected chi connectivity index (χ0v) is 12.7. The van der Waals surface area contributed by atoms with E-state index in [1.807, 2.05) is 46.0 Å². The summed E-state index contributed by atoms with van der Waals surface area (Å²) in [6.45, 7) is 6.18. The number of carbonyl (C=O) groups excluding carboxylic acids is 1. The van der Waals surface area contributed by atoms with Crippen molar-refractivity contribution in [3.05, 3.63) is 28.2 Å². The van der Waals surface area contributed by atoms with E-state index in [-0.39, 0.29) is 0 Å². The first-order valence-electron chi connectivity index (χ1n) is 5.75. The average molecular weight is 315 g/mol. The fourth-order valence-corrected chi connectivity index (χ4v) is 1.78. The third-order valence-corrected chi connectivity index (χ3v) is 2.57. The topological polar surface area (TPSA) is 50.4 Å². The predicted molar refractivity (Wildman–Crippen MR) is 76.8 cm³/mol. The molecule has 0 aromatic heterocycles. The fraction of sp³-hybridized carbons (Fsp3) is 0.462. The van der Waals surface area contributed by atoms with E-state index < -0.39 is 11.7 Å². The smallest absolute Gasteiger partial charge is 0.412 e. The first-order chi connectivity index (χ1) is 8.31. The van der Waals surface area contributed by atoms with Crippen molar-refractivity contribution in [3.63, 3.8) is 0 Å². The summed E-state index contributed by atoms with van der Waals surface area (Å²) < 4.78 is 6.14. The summed E-state index contributed by atoms with van der Waals surface area (Å²) in [5.41, 5.74) is 1.25. The van der Waals surface area contributed by atoms with Gasteiger partial charge in [0.2, 0.25) is 0 Å². The summed E-state index contributed by atoms with van der Waals surface area (Å²) >= 11 is 3.39. The molecule has 0 atom stereocenters. The first kappa shape index (κ1) is 15.0. The number of hydrogen-bond donors (Lipinski definition) is 2. The Morgan fingerprint density at radius 2 is 2.06 bits per heavy atom. The van der Waals surface area contributed by atoms with E-state index in [0.29, 0.717) is 6.54 Å². The number of benzene rings is 1. The van der Waals surface area contributed by atoms with Gasteiger partial charge < -0.3 is 10.1 Å². The van der Waals surface area contributed by atoms with Crippen LogP contribution in [-0.4, -0.2) is 18.7 Å². The van der Waals surface area contributed by atoms with Crippen molar-refractivity contribution in [2.24, 2.45) is 0 Å². The van der Waals surface area contributed by atoms with Crippen LogP contribution >= 0.6 is 15.9 Å². The standard InChI is InChI=1S/C13H19BrN2O2/c1-13(2,3)18-12(17)16-11-7-10(14)6-5-9(11)8-15-4/h5-7,15H,8H2,1-4H3,(H,16,17). The van der Waals surface area contributed by atoms with Gasteiger partial charge in [0, 0.05) is 16.7 Å². The molecule has 1 rings (SSSR count). The Kier molecular flexibility index (Phi) is 5.16. The van der Waals surface area contributed by atoms with Crippen LogP contribution in [0.25, 0.3) is 0 Å². The van der Waals surface area contributed by atoms with Crippen molar-refractivity contribution >= 4 is 27.7 Å². The number of hydrogen-bond acceptors (Lipinski definition) is 3. The van der Waals surface area contributed by atoms with Crippen molar-refractivity contribution in [1.82, 2.24) is 5.32 Å². The largest absolute Gasteiger partial charge is 0.444 e. The van der Waals surface area contributed by atoms with Crippen molar-refractivity contribution < 1.29 is 9.53 Å². The maximum atomic E-state index is 11.7. The number of halogens is 1. The lowest BCUT2D eigenvalue weighted by atomic mass is 10.2. The van der Waals surface area contributed by atoms with Gasteiger partial charge in [-0.15, -0.1) is 0 Å². The summed E-state index contributed by atoms with van der Waals surface area (Å²) in [4.78, 5) is 11.7. The number of nitrogens with one attached hydrogen (secondary N) is 2. The lowest BCUT2D eigenvalue weighted by molar-refractivity contribution is 0.0636. The van der Waals surface area contributed by atoms with Gasteiger partial charge in [-0.1, -0.05) is 22.0 Å². The van der Waals surface area contributed by atoms with Gasteiger partial charge in [-0.3, -0.25) is 5.32 Å². The van der Waals surface area contributed by atoms with Crippen molar-refractivity contribution in [2.75, 3.05) is 12.4 Å². The number of carbonyl (C=O) groups is 1. The third kappa shape index (κ3) is 5.06. The molecular formula is C13H19BrN2O2. The van der Waals surface area contributed by atoms with Gasteiger partial charge >= 0.3 is 6.09 Å². The molecule has 0 radical (unpaired) electrons. The van der Waals surface area contributed by atoms with Gasteiger partial charge in [0.05, 0.1) is 0 Å². The Balaban J connectivity index is 2.82. The quantitative estimate of drug-likeness (QED) is 0.897. The van der Waals surface area contributed by atoms with E-state index in [0.717, 1.165) is 15.7 Å². The van der Waals surface area contributed by atoms with E-state index in [9.17, 15) is 4.79 Å².